The lowest BCUT2D eigenvalue weighted by molar-refractivity contribution is -0.112. The lowest BCUT2D eigenvalue weighted by Gasteiger charge is -2.26. The molecule has 0 saturated heterocycles. The minimum atomic E-state index is -0.0372. The van der Waals surface area contributed by atoms with Crippen LogP contribution in [0, 0.1) is 0 Å². The SMILES string of the molecule is CCCC[C@@H]1OCc2ccccc2O1. The molecule has 0 bridgehead atoms. The fourth-order valence-electron chi connectivity index (χ4n) is 1.61. The third kappa shape index (κ3) is 2.07. The first-order valence-electron chi connectivity index (χ1n) is 5.26. The standard InChI is InChI=1S/C12H16O2/c1-2-3-8-12-13-9-10-6-4-5-7-11(10)14-12/h4-7,12H,2-3,8-9H2,1H3/t12-/m1/s1. The van der Waals surface area contributed by atoms with E-state index in [0.717, 1.165) is 24.2 Å². The van der Waals surface area contributed by atoms with E-state index < -0.39 is 0 Å². The van der Waals surface area contributed by atoms with Crippen molar-refractivity contribution in [1.82, 2.24) is 0 Å². The van der Waals surface area contributed by atoms with Crippen molar-refractivity contribution in [3.05, 3.63) is 29.8 Å². The van der Waals surface area contributed by atoms with Gasteiger partial charge in [-0.1, -0.05) is 31.5 Å². The van der Waals surface area contributed by atoms with E-state index in [1.807, 2.05) is 24.3 Å². The number of ether oxygens (including phenoxy) is 2. The molecule has 0 amide bonds. The van der Waals surface area contributed by atoms with Crippen LogP contribution in [0.1, 0.15) is 31.7 Å². The van der Waals surface area contributed by atoms with Gasteiger partial charge in [0.25, 0.3) is 0 Å². The van der Waals surface area contributed by atoms with Crippen molar-refractivity contribution in [1.29, 1.82) is 0 Å². The van der Waals surface area contributed by atoms with Gasteiger partial charge in [0.2, 0.25) is 0 Å². The molecule has 0 unspecified atom stereocenters. The van der Waals surface area contributed by atoms with Crippen molar-refractivity contribution >= 4 is 0 Å². The van der Waals surface area contributed by atoms with Gasteiger partial charge in [-0.3, -0.25) is 0 Å². The molecular formula is C12H16O2. The third-order valence-electron chi connectivity index (χ3n) is 2.45. The van der Waals surface area contributed by atoms with Gasteiger partial charge >= 0.3 is 0 Å². The molecule has 1 aliphatic rings. The van der Waals surface area contributed by atoms with Gasteiger partial charge in [0.1, 0.15) is 5.75 Å². The fourth-order valence-corrected chi connectivity index (χ4v) is 1.61. The van der Waals surface area contributed by atoms with Gasteiger partial charge in [-0.15, -0.1) is 0 Å². The second kappa shape index (κ2) is 4.47. The molecule has 1 heterocycles. The molecule has 1 aromatic rings. The van der Waals surface area contributed by atoms with E-state index in [4.69, 9.17) is 9.47 Å². The Bertz CT molecular complexity index is 296. The van der Waals surface area contributed by atoms with Crippen LogP contribution in [0.3, 0.4) is 0 Å². The Morgan fingerprint density at radius 1 is 1.36 bits per heavy atom. The number of rotatable bonds is 3. The van der Waals surface area contributed by atoms with Gasteiger partial charge in [0, 0.05) is 12.0 Å². The molecule has 2 heteroatoms. The number of benzene rings is 1. The van der Waals surface area contributed by atoms with Gasteiger partial charge in [-0.05, 0) is 12.5 Å². The first kappa shape index (κ1) is 9.53. The molecule has 76 valence electrons. The molecule has 14 heavy (non-hydrogen) atoms. The smallest absolute Gasteiger partial charge is 0.200 e. The summed E-state index contributed by atoms with van der Waals surface area (Å²) < 4.78 is 11.3. The Labute approximate surface area is 84.8 Å². The zero-order valence-corrected chi connectivity index (χ0v) is 8.53. The summed E-state index contributed by atoms with van der Waals surface area (Å²) in [6, 6.07) is 8.07. The maximum atomic E-state index is 5.71. The van der Waals surface area contributed by atoms with Crippen LogP contribution in [0.15, 0.2) is 24.3 Å². The van der Waals surface area contributed by atoms with Crippen molar-refractivity contribution in [3.8, 4) is 5.75 Å². The van der Waals surface area contributed by atoms with Crippen molar-refractivity contribution in [2.75, 3.05) is 0 Å². The summed E-state index contributed by atoms with van der Waals surface area (Å²) in [6.45, 7) is 2.86. The zero-order chi connectivity index (χ0) is 9.80. The van der Waals surface area contributed by atoms with E-state index in [9.17, 15) is 0 Å². The summed E-state index contributed by atoms with van der Waals surface area (Å²) in [7, 11) is 0. The predicted molar refractivity (Wildman–Crippen MR) is 55.2 cm³/mol. The molecule has 0 fully saturated rings. The Morgan fingerprint density at radius 3 is 3.07 bits per heavy atom. The zero-order valence-electron chi connectivity index (χ0n) is 8.53. The first-order chi connectivity index (χ1) is 6.90. The van der Waals surface area contributed by atoms with Gasteiger partial charge < -0.3 is 9.47 Å². The molecule has 2 rings (SSSR count). The Kier molecular flexibility index (Phi) is 3.04. The van der Waals surface area contributed by atoms with E-state index >= 15 is 0 Å². The summed E-state index contributed by atoms with van der Waals surface area (Å²) in [5.41, 5.74) is 1.15. The molecule has 0 aliphatic carbocycles. The molecule has 0 aromatic heterocycles. The van der Waals surface area contributed by atoms with Gasteiger partial charge in [0.05, 0.1) is 6.61 Å². The highest BCUT2D eigenvalue weighted by molar-refractivity contribution is 5.33. The van der Waals surface area contributed by atoms with Gasteiger partial charge in [0.15, 0.2) is 6.29 Å². The van der Waals surface area contributed by atoms with Crippen LogP contribution in [0.25, 0.3) is 0 Å². The van der Waals surface area contributed by atoms with Crippen molar-refractivity contribution < 1.29 is 9.47 Å². The van der Waals surface area contributed by atoms with Crippen LogP contribution in [-0.2, 0) is 11.3 Å². The van der Waals surface area contributed by atoms with Crippen LogP contribution in [0.4, 0.5) is 0 Å². The van der Waals surface area contributed by atoms with E-state index in [2.05, 4.69) is 6.92 Å². The fraction of sp³-hybridized carbons (Fsp3) is 0.500. The average Bonchev–Trinajstić information content (AvgIpc) is 2.26. The number of hydrogen-bond acceptors (Lipinski definition) is 2. The summed E-state index contributed by atoms with van der Waals surface area (Å²) in [5.74, 6) is 0.986. The molecule has 0 N–H and O–H groups in total. The highest BCUT2D eigenvalue weighted by atomic mass is 16.7. The number of para-hydroxylation sites is 1. The number of fused-ring (bicyclic) bond motifs is 1. The quantitative estimate of drug-likeness (QED) is 0.732. The normalized spacial score (nSPS) is 19.9. The third-order valence-corrected chi connectivity index (χ3v) is 2.45. The Morgan fingerprint density at radius 2 is 2.21 bits per heavy atom. The number of unbranched alkanes of at least 4 members (excludes halogenated alkanes) is 1. The minimum absolute atomic E-state index is 0.0372. The van der Waals surface area contributed by atoms with Crippen LogP contribution in [-0.4, -0.2) is 6.29 Å². The molecule has 1 atom stereocenters. The molecule has 0 saturated carbocycles. The van der Waals surface area contributed by atoms with Crippen LogP contribution in [0.2, 0.25) is 0 Å². The number of hydrogen-bond donors (Lipinski definition) is 0. The molecule has 1 aromatic carbocycles. The molecule has 1 aliphatic heterocycles. The van der Waals surface area contributed by atoms with E-state index in [-0.39, 0.29) is 6.29 Å². The average molecular weight is 192 g/mol. The highest BCUT2D eigenvalue weighted by Crippen LogP contribution is 2.26. The van der Waals surface area contributed by atoms with E-state index in [1.165, 1.54) is 6.42 Å². The predicted octanol–water partition coefficient (Wildman–Crippen LogP) is 3.11. The summed E-state index contributed by atoms with van der Waals surface area (Å²) in [4.78, 5) is 0. The first-order valence-corrected chi connectivity index (χ1v) is 5.26. The Hall–Kier alpha value is -1.02. The summed E-state index contributed by atoms with van der Waals surface area (Å²) in [5, 5.41) is 0. The van der Waals surface area contributed by atoms with Crippen LogP contribution < -0.4 is 4.74 Å². The van der Waals surface area contributed by atoms with E-state index in [0.29, 0.717) is 6.61 Å². The van der Waals surface area contributed by atoms with Crippen molar-refractivity contribution in [3.63, 3.8) is 0 Å². The molecular weight excluding hydrogens is 176 g/mol. The molecule has 2 nitrogen and oxygen atoms in total. The molecule has 0 radical (unpaired) electrons. The monoisotopic (exact) mass is 192 g/mol. The second-order valence-electron chi connectivity index (χ2n) is 3.61. The lowest BCUT2D eigenvalue weighted by atomic mass is 10.2. The summed E-state index contributed by atoms with van der Waals surface area (Å²) >= 11 is 0. The minimum Gasteiger partial charge on any atom is -0.465 e. The Balaban J connectivity index is 1.99. The lowest BCUT2D eigenvalue weighted by Crippen LogP contribution is -2.25. The molecule has 0 spiro atoms. The topological polar surface area (TPSA) is 18.5 Å². The maximum Gasteiger partial charge on any atom is 0.200 e. The van der Waals surface area contributed by atoms with Crippen molar-refractivity contribution in [2.45, 2.75) is 39.1 Å². The van der Waals surface area contributed by atoms with Crippen molar-refractivity contribution in [2.24, 2.45) is 0 Å². The van der Waals surface area contributed by atoms with Gasteiger partial charge in [-0.25, -0.2) is 0 Å². The highest BCUT2D eigenvalue weighted by Gasteiger charge is 2.18. The second-order valence-corrected chi connectivity index (χ2v) is 3.61. The maximum absolute atomic E-state index is 5.71. The van der Waals surface area contributed by atoms with Crippen LogP contribution >= 0.6 is 0 Å². The summed E-state index contributed by atoms with van der Waals surface area (Å²) in [6.07, 6.45) is 3.30. The van der Waals surface area contributed by atoms with Gasteiger partial charge in [-0.2, -0.15) is 0 Å². The van der Waals surface area contributed by atoms with E-state index in [1.54, 1.807) is 0 Å². The largest absolute Gasteiger partial charge is 0.465 e. The van der Waals surface area contributed by atoms with Crippen LogP contribution in [0.5, 0.6) is 5.75 Å².